The normalized spacial score (nSPS) is 45.6. The highest BCUT2D eigenvalue weighted by molar-refractivity contribution is 4.95. The van der Waals surface area contributed by atoms with E-state index in [1.807, 2.05) is 0 Å². The number of likely N-dealkylation sites (tertiary alicyclic amines) is 1. The number of rotatable bonds is 1. The van der Waals surface area contributed by atoms with Crippen molar-refractivity contribution in [2.24, 2.45) is 0 Å². The number of hydrogen-bond acceptors (Lipinski definition) is 4. The third-order valence-corrected chi connectivity index (χ3v) is 4.25. The van der Waals surface area contributed by atoms with Crippen LogP contribution in [0.1, 0.15) is 25.7 Å². The lowest BCUT2D eigenvalue weighted by Gasteiger charge is -2.40. The van der Waals surface area contributed by atoms with Gasteiger partial charge in [0.25, 0.3) is 0 Å². The second-order valence-corrected chi connectivity index (χ2v) is 5.42. The molecular formula is C12H21NO3. The highest BCUT2D eigenvalue weighted by Crippen LogP contribution is 2.35. The fourth-order valence-electron chi connectivity index (χ4n) is 3.28. The van der Waals surface area contributed by atoms with Crippen LogP contribution in [0.3, 0.4) is 0 Å². The topological polar surface area (TPSA) is 41.9 Å². The maximum absolute atomic E-state index is 9.59. The van der Waals surface area contributed by atoms with Crippen molar-refractivity contribution in [2.45, 2.75) is 43.4 Å². The molecule has 4 heteroatoms. The molecule has 0 aromatic carbocycles. The molecule has 2 unspecified atom stereocenters. The lowest BCUT2D eigenvalue weighted by Crippen LogP contribution is -2.48. The van der Waals surface area contributed by atoms with E-state index in [0.717, 1.165) is 58.6 Å². The van der Waals surface area contributed by atoms with Gasteiger partial charge in [-0.15, -0.1) is 0 Å². The van der Waals surface area contributed by atoms with Gasteiger partial charge >= 0.3 is 0 Å². The fraction of sp³-hybridized carbons (Fsp3) is 1.00. The first-order chi connectivity index (χ1) is 7.77. The molecule has 0 aliphatic carbocycles. The predicted molar refractivity (Wildman–Crippen MR) is 59.3 cm³/mol. The Balaban J connectivity index is 1.63. The SMILES string of the molecule is O[C@H]1CCN(C2CCOC3(CCOC3)C2)C1. The molecule has 1 spiro atoms. The van der Waals surface area contributed by atoms with Crippen LogP contribution in [-0.2, 0) is 9.47 Å². The second kappa shape index (κ2) is 4.26. The van der Waals surface area contributed by atoms with Gasteiger partial charge in [0, 0.05) is 38.8 Å². The number of β-amino-alcohol motifs (C(OH)–C–C–N with tert-alkyl or cyclic N) is 1. The summed E-state index contributed by atoms with van der Waals surface area (Å²) in [4.78, 5) is 2.44. The summed E-state index contributed by atoms with van der Waals surface area (Å²) >= 11 is 0. The molecule has 3 fully saturated rings. The van der Waals surface area contributed by atoms with E-state index in [2.05, 4.69) is 4.90 Å². The lowest BCUT2D eigenvalue weighted by atomic mass is 9.89. The summed E-state index contributed by atoms with van der Waals surface area (Å²) in [6, 6.07) is 0.590. The van der Waals surface area contributed by atoms with Crippen molar-refractivity contribution in [3.63, 3.8) is 0 Å². The predicted octanol–water partition coefficient (Wildman–Crippen LogP) is 0.391. The monoisotopic (exact) mass is 227 g/mol. The molecule has 0 radical (unpaired) electrons. The fourth-order valence-corrected chi connectivity index (χ4v) is 3.28. The standard InChI is InChI=1S/C12H21NO3/c14-11-1-4-13(8-11)10-2-5-16-12(7-10)3-6-15-9-12/h10-11,14H,1-9H2/t10?,11-,12?/m0/s1. The van der Waals surface area contributed by atoms with Crippen LogP contribution in [0.15, 0.2) is 0 Å². The van der Waals surface area contributed by atoms with Crippen molar-refractivity contribution in [3.05, 3.63) is 0 Å². The largest absolute Gasteiger partial charge is 0.392 e. The van der Waals surface area contributed by atoms with Crippen LogP contribution in [0.2, 0.25) is 0 Å². The summed E-state index contributed by atoms with van der Waals surface area (Å²) in [7, 11) is 0. The Morgan fingerprint density at radius 2 is 2.19 bits per heavy atom. The van der Waals surface area contributed by atoms with E-state index < -0.39 is 0 Å². The number of ether oxygens (including phenoxy) is 2. The maximum Gasteiger partial charge on any atom is 0.0951 e. The third kappa shape index (κ3) is 1.99. The third-order valence-electron chi connectivity index (χ3n) is 4.25. The number of hydrogen-bond donors (Lipinski definition) is 1. The summed E-state index contributed by atoms with van der Waals surface area (Å²) in [6.45, 7) is 4.35. The Labute approximate surface area is 96.5 Å². The molecule has 3 atom stereocenters. The lowest BCUT2D eigenvalue weighted by molar-refractivity contribution is -0.104. The van der Waals surface area contributed by atoms with Gasteiger partial charge in [-0.2, -0.15) is 0 Å². The van der Waals surface area contributed by atoms with E-state index in [0.29, 0.717) is 6.04 Å². The molecule has 0 aromatic rings. The molecular weight excluding hydrogens is 206 g/mol. The van der Waals surface area contributed by atoms with Crippen LogP contribution in [0, 0.1) is 0 Å². The van der Waals surface area contributed by atoms with E-state index in [9.17, 15) is 5.11 Å². The van der Waals surface area contributed by atoms with Crippen LogP contribution in [0.5, 0.6) is 0 Å². The average molecular weight is 227 g/mol. The Morgan fingerprint density at radius 1 is 1.25 bits per heavy atom. The van der Waals surface area contributed by atoms with E-state index >= 15 is 0 Å². The minimum atomic E-state index is -0.112. The van der Waals surface area contributed by atoms with Gasteiger partial charge in [0.1, 0.15) is 0 Å². The molecule has 0 saturated carbocycles. The molecule has 3 rings (SSSR count). The molecule has 1 N–H and O–H groups in total. The van der Waals surface area contributed by atoms with Gasteiger partial charge in [-0.05, 0) is 19.3 Å². The Hall–Kier alpha value is -0.160. The summed E-state index contributed by atoms with van der Waals surface area (Å²) in [5.74, 6) is 0. The van der Waals surface area contributed by atoms with Gasteiger partial charge < -0.3 is 14.6 Å². The molecule has 3 heterocycles. The van der Waals surface area contributed by atoms with E-state index in [1.165, 1.54) is 0 Å². The first kappa shape index (κ1) is 11.0. The molecule has 16 heavy (non-hydrogen) atoms. The van der Waals surface area contributed by atoms with Crippen LogP contribution in [0.4, 0.5) is 0 Å². The zero-order valence-corrected chi connectivity index (χ0v) is 9.73. The number of aliphatic hydroxyl groups is 1. The molecule has 0 bridgehead atoms. The minimum Gasteiger partial charge on any atom is -0.392 e. The van der Waals surface area contributed by atoms with Gasteiger partial charge in [-0.1, -0.05) is 0 Å². The highest BCUT2D eigenvalue weighted by Gasteiger charge is 2.43. The van der Waals surface area contributed by atoms with Crippen LogP contribution in [0.25, 0.3) is 0 Å². The van der Waals surface area contributed by atoms with E-state index in [-0.39, 0.29) is 11.7 Å². The van der Waals surface area contributed by atoms with Gasteiger partial charge in [-0.25, -0.2) is 0 Å². The first-order valence-corrected chi connectivity index (χ1v) is 6.41. The average Bonchev–Trinajstić information content (AvgIpc) is 2.89. The quantitative estimate of drug-likeness (QED) is 0.703. The second-order valence-electron chi connectivity index (χ2n) is 5.42. The van der Waals surface area contributed by atoms with Crippen molar-refractivity contribution in [3.8, 4) is 0 Å². The Kier molecular flexibility index (Phi) is 2.92. The van der Waals surface area contributed by atoms with Crippen molar-refractivity contribution in [1.82, 2.24) is 4.90 Å². The number of aliphatic hydroxyl groups excluding tert-OH is 1. The highest BCUT2D eigenvalue weighted by atomic mass is 16.6. The van der Waals surface area contributed by atoms with Gasteiger partial charge in [0.2, 0.25) is 0 Å². The summed E-state index contributed by atoms with van der Waals surface area (Å²) in [5, 5.41) is 9.59. The van der Waals surface area contributed by atoms with Crippen molar-refractivity contribution in [2.75, 3.05) is 32.9 Å². The first-order valence-electron chi connectivity index (χ1n) is 6.41. The Morgan fingerprint density at radius 3 is 2.88 bits per heavy atom. The molecule has 3 aliphatic rings. The molecule has 4 nitrogen and oxygen atoms in total. The van der Waals surface area contributed by atoms with Crippen molar-refractivity contribution < 1.29 is 14.6 Å². The van der Waals surface area contributed by atoms with Gasteiger partial charge in [0.15, 0.2) is 0 Å². The zero-order chi connectivity index (χ0) is 11.0. The van der Waals surface area contributed by atoms with E-state index in [4.69, 9.17) is 9.47 Å². The molecule has 92 valence electrons. The van der Waals surface area contributed by atoms with Gasteiger partial charge in [-0.3, -0.25) is 4.90 Å². The summed E-state index contributed by atoms with van der Waals surface area (Å²) < 4.78 is 11.4. The molecule has 0 amide bonds. The van der Waals surface area contributed by atoms with Crippen LogP contribution < -0.4 is 0 Å². The Bertz CT molecular complexity index is 253. The van der Waals surface area contributed by atoms with Crippen molar-refractivity contribution in [1.29, 1.82) is 0 Å². The van der Waals surface area contributed by atoms with Crippen LogP contribution >= 0.6 is 0 Å². The molecule has 3 aliphatic heterocycles. The van der Waals surface area contributed by atoms with E-state index in [1.54, 1.807) is 0 Å². The number of nitrogens with zero attached hydrogens (tertiary/aromatic N) is 1. The summed E-state index contributed by atoms with van der Waals surface area (Å²) in [5.41, 5.74) is -0.00351. The van der Waals surface area contributed by atoms with Gasteiger partial charge in [0.05, 0.1) is 18.3 Å². The molecule has 3 saturated heterocycles. The zero-order valence-electron chi connectivity index (χ0n) is 9.73. The van der Waals surface area contributed by atoms with Crippen LogP contribution in [-0.4, -0.2) is 60.7 Å². The van der Waals surface area contributed by atoms with Crippen molar-refractivity contribution >= 4 is 0 Å². The minimum absolute atomic E-state index is 0.00351. The summed E-state index contributed by atoms with van der Waals surface area (Å²) in [6.07, 6.45) is 4.05. The molecule has 0 aromatic heterocycles. The smallest absolute Gasteiger partial charge is 0.0951 e. The maximum atomic E-state index is 9.59.